The lowest BCUT2D eigenvalue weighted by Gasteiger charge is -2.26. The van der Waals surface area contributed by atoms with Gasteiger partial charge in [-0.3, -0.25) is 0 Å². The Balaban J connectivity index is 1.76. The largest absolute Gasteiger partial charge is 0.339 e. The SMILES string of the molecule is c1ccc(Nc2cnnc(N3CCCCC3)n2)cc1. The molecule has 2 aromatic rings. The number of anilines is 3. The molecule has 2 heterocycles. The van der Waals surface area contributed by atoms with Gasteiger partial charge in [0.1, 0.15) is 0 Å². The van der Waals surface area contributed by atoms with Crippen molar-refractivity contribution in [2.75, 3.05) is 23.3 Å². The maximum absolute atomic E-state index is 4.53. The number of piperidine rings is 1. The van der Waals surface area contributed by atoms with Crippen molar-refractivity contribution in [3.8, 4) is 0 Å². The van der Waals surface area contributed by atoms with E-state index in [-0.39, 0.29) is 0 Å². The molecule has 0 unspecified atom stereocenters. The lowest BCUT2D eigenvalue weighted by atomic mass is 10.1. The van der Waals surface area contributed by atoms with E-state index in [0.29, 0.717) is 0 Å². The fourth-order valence-corrected chi connectivity index (χ4v) is 2.25. The molecule has 1 N–H and O–H groups in total. The van der Waals surface area contributed by atoms with Gasteiger partial charge in [-0.25, -0.2) is 0 Å². The summed E-state index contributed by atoms with van der Waals surface area (Å²) in [5.41, 5.74) is 1.01. The van der Waals surface area contributed by atoms with Crippen molar-refractivity contribution in [1.29, 1.82) is 0 Å². The lowest BCUT2D eigenvalue weighted by Crippen LogP contribution is -2.31. The summed E-state index contributed by atoms with van der Waals surface area (Å²) in [6.07, 6.45) is 5.37. The van der Waals surface area contributed by atoms with Crippen LogP contribution in [0.25, 0.3) is 0 Å². The third-order valence-corrected chi connectivity index (χ3v) is 3.23. The number of nitrogens with one attached hydrogen (secondary N) is 1. The molecule has 3 rings (SSSR count). The van der Waals surface area contributed by atoms with Crippen LogP contribution in [0.3, 0.4) is 0 Å². The lowest BCUT2D eigenvalue weighted by molar-refractivity contribution is 0.565. The molecule has 5 nitrogen and oxygen atoms in total. The van der Waals surface area contributed by atoms with Crippen LogP contribution in [-0.4, -0.2) is 28.3 Å². The summed E-state index contributed by atoms with van der Waals surface area (Å²) in [4.78, 5) is 6.73. The highest BCUT2D eigenvalue weighted by Crippen LogP contribution is 2.18. The van der Waals surface area contributed by atoms with Gasteiger partial charge in [-0.2, -0.15) is 10.1 Å². The van der Waals surface area contributed by atoms with Crippen molar-refractivity contribution < 1.29 is 0 Å². The van der Waals surface area contributed by atoms with E-state index in [0.717, 1.165) is 30.5 Å². The predicted octanol–water partition coefficient (Wildman–Crippen LogP) is 2.61. The molecule has 0 radical (unpaired) electrons. The van der Waals surface area contributed by atoms with E-state index < -0.39 is 0 Å². The molecule has 0 saturated carbocycles. The van der Waals surface area contributed by atoms with E-state index in [9.17, 15) is 0 Å². The molecular weight excluding hydrogens is 238 g/mol. The second kappa shape index (κ2) is 5.65. The van der Waals surface area contributed by atoms with Crippen molar-refractivity contribution in [2.24, 2.45) is 0 Å². The van der Waals surface area contributed by atoms with Gasteiger partial charge in [0.05, 0.1) is 6.20 Å². The van der Waals surface area contributed by atoms with Crippen LogP contribution in [0.5, 0.6) is 0 Å². The number of benzene rings is 1. The Morgan fingerprint density at radius 1 is 1.00 bits per heavy atom. The fourth-order valence-electron chi connectivity index (χ4n) is 2.25. The number of hydrogen-bond donors (Lipinski definition) is 1. The average molecular weight is 255 g/mol. The Hall–Kier alpha value is -2.17. The minimum Gasteiger partial charge on any atom is -0.339 e. The standard InChI is InChI=1S/C14H17N5/c1-3-7-12(8-4-1)16-13-11-15-18-14(17-13)19-9-5-2-6-10-19/h1,3-4,7-8,11H,2,5-6,9-10H2,(H,16,17,18). The normalized spacial score (nSPS) is 15.3. The number of aromatic nitrogens is 3. The summed E-state index contributed by atoms with van der Waals surface area (Å²) in [6.45, 7) is 2.05. The fraction of sp³-hybridized carbons (Fsp3) is 0.357. The zero-order valence-corrected chi connectivity index (χ0v) is 10.8. The molecule has 19 heavy (non-hydrogen) atoms. The van der Waals surface area contributed by atoms with Crippen LogP contribution in [0.2, 0.25) is 0 Å². The Labute approximate surface area is 112 Å². The summed E-state index contributed by atoms with van der Waals surface area (Å²) in [5, 5.41) is 11.4. The van der Waals surface area contributed by atoms with Gasteiger partial charge in [0.2, 0.25) is 5.95 Å². The average Bonchev–Trinajstić information content (AvgIpc) is 2.49. The van der Waals surface area contributed by atoms with Crippen molar-refractivity contribution in [1.82, 2.24) is 15.2 Å². The van der Waals surface area contributed by atoms with E-state index in [1.54, 1.807) is 6.20 Å². The second-order valence-corrected chi connectivity index (χ2v) is 4.68. The topological polar surface area (TPSA) is 53.9 Å². The van der Waals surface area contributed by atoms with Gasteiger partial charge in [0.15, 0.2) is 5.82 Å². The van der Waals surface area contributed by atoms with E-state index in [2.05, 4.69) is 25.4 Å². The van der Waals surface area contributed by atoms with Crippen molar-refractivity contribution in [3.05, 3.63) is 36.5 Å². The van der Waals surface area contributed by atoms with Crippen molar-refractivity contribution >= 4 is 17.5 Å². The molecule has 0 aliphatic carbocycles. The quantitative estimate of drug-likeness (QED) is 0.913. The number of rotatable bonds is 3. The van der Waals surface area contributed by atoms with Crippen LogP contribution in [0.1, 0.15) is 19.3 Å². The number of nitrogens with zero attached hydrogens (tertiary/aromatic N) is 4. The van der Waals surface area contributed by atoms with E-state index in [4.69, 9.17) is 0 Å². The maximum Gasteiger partial charge on any atom is 0.247 e. The van der Waals surface area contributed by atoms with E-state index >= 15 is 0 Å². The zero-order chi connectivity index (χ0) is 12.9. The van der Waals surface area contributed by atoms with E-state index in [1.807, 2.05) is 30.3 Å². The molecule has 1 aromatic carbocycles. The highest BCUT2D eigenvalue weighted by Gasteiger charge is 2.14. The first-order valence-electron chi connectivity index (χ1n) is 6.68. The first kappa shape index (κ1) is 11.9. The van der Waals surface area contributed by atoms with Crippen LogP contribution in [0, 0.1) is 0 Å². The number of hydrogen-bond acceptors (Lipinski definition) is 5. The Kier molecular flexibility index (Phi) is 3.54. The molecule has 1 saturated heterocycles. The van der Waals surface area contributed by atoms with Crippen LogP contribution in [0.4, 0.5) is 17.5 Å². The highest BCUT2D eigenvalue weighted by molar-refractivity contribution is 5.55. The minimum atomic E-state index is 0.723. The van der Waals surface area contributed by atoms with Crippen LogP contribution < -0.4 is 10.2 Å². The molecular formula is C14H17N5. The molecule has 0 bridgehead atoms. The molecule has 98 valence electrons. The predicted molar refractivity (Wildman–Crippen MR) is 75.6 cm³/mol. The molecule has 1 aliphatic rings. The highest BCUT2D eigenvalue weighted by atomic mass is 15.3. The number of para-hydroxylation sites is 1. The van der Waals surface area contributed by atoms with Gasteiger partial charge in [-0.1, -0.05) is 18.2 Å². The molecule has 1 fully saturated rings. The van der Waals surface area contributed by atoms with Crippen LogP contribution in [0.15, 0.2) is 36.5 Å². The summed E-state index contributed by atoms with van der Waals surface area (Å²) < 4.78 is 0. The van der Waals surface area contributed by atoms with Gasteiger partial charge in [-0.05, 0) is 31.4 Å². The molecule has 1 aliphatic heterocycles. The third-order valence-electron chi connectivity index (χ3n) is 3.23. The molecule has 5 heteroatoms. The summed E-state index contributed by atoms with van der Waals surface area (Å²) in [6, 6.07) is 9.97. The summed E-state index contributed by atoms with van der Waals surface area (Å²) in [5.74, 6) is 1.46. The van der Waals surface area contributed by atoms with Gasteiger partial charge < -0.3 is 10.2 Å². The first-order chi connectivity index (χ1) is 9.42. The summed E-state index contributed by atoms with van der Waals surface area (Å²) >= 11 is 0. The molecule has 0 spiro atoms. The monoisotopic (exact) mass is 255 g/mol. The third kappa shape index (κ3) is 2.99. The van der Waals surface area contributed by atoms with Gasteiger partial charge >= 0.3 is 0 Å². The molecule has 1 aromatic heterocycles. The van der Waals surface area contributed by atoms with Crippen LogP contribution in [-0.2, 0) is 0 Å². The van der Waals surface area contributed by atoms with E-state index in [1.165, 1.54) is 19.3 Å². The van der Waals surface area contributed by atoms with Crippen LogP contribution >= 0.6 is 0 Å². The van der Waals surface area contributed by atoms with Gasteiger partial charge in [0, 0.05) is 18.8 Å². The van der Waals surface area contributed by atoms with Crippen molar-refractivity contribution in [3.63, 3.8) is 0 Å². The van der Waals surface area contributed by atoms with Gasteiger partial charge in [-0.15, -0.1) is 5.10 Å². The molecule has 0 atom stereocenters. The molecule has 0 amide bonds. The Morgan fingerprint density at radius 3 is 2.58 bits per heavy atom. The van der Waals surface area contributed by atoms with Gasteiger partial charge in [0.25, 0.3) is 0 Å². The minimum absolute atomic E-state index is 0.723. The second-order valence-electron chi connectivity index (χ2n) is 4.68. The Morgan fingerprint density at radius 2 is 1.79 bits per heavy atom. The zero-order valence-electron chi connectivity index (χ0n) is 10.8. The smallest absolute Gasteiger partial charge is 0.247 e. The van der Waals surface area contributed by atoms with Crippen molar-refractivity contribution in [2.45, 2.75) is 19.3 Å². The first-order valence-corrected chi connectivity index (χ1v) is 6.68. The Bertz CT molecular complexity index is 522. The maximum atomic E-state index is 4.53. The summed E-state index contributed by atoms with van der Waals surface area (Å²) in [7, 11) is 0.